The van der Waals surface area contributed by atoms with Crippen molar-refractivity contribution in [2.75, 3.05) is 11.6 Å². The van der Waals surface area contributed by atoms with Crippen LogP contribution in [-0.2, 0) is 0 Å². The zero-order valence-electron chi connectivity index (χ0n) is 9.07. The van der Waals surface area contributed by atoms with E-state index in [0.29, 0.717) is 10.6 Å². The molecule has 0 atom stereocenters. The topological polar surface area (TPSA) is 83.6 Å². The number of carbonyl (C=O) groups excluding carboxylic acids is 1. The van der Waals surface area contributed by atoms with E-state index < -0.39 is 5.91 Å². The molecule has 1 aromatic heterocycles. The predicted octanol–water partition coefficient (Wildman–Crippen LogP) is 2.48. The van der Waals surface area contributed by atoms with E-state index in [0.717, 1.165) is 4.90 Å². The monoisotopic (exact) mass is 303 g/mol. The van der Waals surface area contributed by atoms with Gasteiger partial charge < -0.3 is 0 Å². The first-order chi connectivity index (χ1) is 8.61. The number of aromatic nitrogens is 4. The molecular formula is C9H7Cl2N5OS. The maximum absolute atomic E-state index is 11.9. The van der Waals surface area contributed by atoms with Gasteiger partial charge in [-0.3, -0.25) is 10.1 Å². The summed E-state index contributed by atoms with van der Waals surface area (Å²) < 4.78 is 0. The quantitative estimate of drug-likeness (QED) is 0.851. The summed E-state index contributed by atoms with van der Waals surface area (Å²) in [7, 11) is 0. The molecule has 2 N–H and O–H groups in total. The van der Waals surface area contributed by atoms with Crippen LogP contribution in [0.3, 0.4) is 0 Å². The van der Waals surface area contributed by atoms with Crippen molar-refractivity contribution >= 4 is 46.8 Å². The number of tetrazole rings is 1. The zero-order chi connectivity index (χ0) is 13.1. The van der Waals surface area contributed by atoms with Crippen LogP contribution in [-0.4, -0.2) is 32.8 Å². The van der Waals surface area contributed by atoms with Crippen molar-refractivity contribution in [3.63, 3.8) is 0 Å². The van der Waals surface area contributed by atoms with Crippen molar-refractivity contribution < 1.29 is 4.79 Å². The lowest BCUT2D eigenvalue weighted by atomic mass is 10.2. The number of anilines is 1. The minimum Gasteiger partial charge on any atom is -0.288 e. The third-order valence-electron chi connectivity index (χ3n) is 2.06. The number of H-pyrrole nitrogens is 1. The lowest BCUT2D eigenvalue weighted by Gasteiger charge is -2.07. The molecule has 1 amide bonds. The average Bonchev–Trinajstić information content (AvgIpc) is 2.81. The molecular weight excluding hydrogens is 297 g/mol. The highest BCUT2D eigenvalue weighted by Crippen LogP contribution is 2.31. The smallest absolute Gasteiger partial charge is 0.270 e. The highest BCUT2D eigenvalue weighted by atomic mass is 35.5. The Kier molecular flexibility index (Phi) is 4.05. The van der Waals surface area contributed by atoms with Crippen LogP contribution in [0, 0.1) is 0 Å². The molecule has 2 aromatic rings. The molecule has 0 unspecified atom stereocenters. The number of benzene rings is 1. The molecule has 0 aliphatic rings. The largest absolute Gasteiger partial charge is 0.288 e. The van der Waals surface area contributed by atoms with E-state index >= 15 is 0 Å². The number of nitrogens with one attached hydrogen (secondary N) is 2. The fraction of sp³-hybridized carbons (Fsp3) is 0.111. The van der Waals surface area contributed by atoms with Gasteiger partial charge in [0, 0.05) is 4.90 Å². The maximum Gasteiger partial charge on any atom is 0.270 e. The van der Waals surface area contributed by atoms with Crippen molar-refractivity contribution in [2.45, 2.75) is 4.90 Å². The van der Waals surface area contributed by atoms with Gasteiger partial charge in [0.15, 0.2) is 0 Å². The lowest BCUT2D eigenvalue weighted by molar-refractivity contribution is 0.102. The van der Waals surface area contributed by atoms with Crippen molar-refractivity contribution in [1.82, 2.24) is 20.6 Å². The second kappa shape index (κ2) is 5.55. The van der Waals surface area contributed by atoms with Gasteiger partial charge in [0.1, 0.15) is 0 Å². The number of rotatable bonds is 3. The van der Waals surface area contributed by atoms with E-state index in [4.69, 9.17) is 23.2 Å². The summed E-state index contributed by atoms with van der Waals surface area (Å²) in [4.78, 5) is 12.7. The van der Waals surface area contributed by atoms with Crippen LogP contribution in [0.25, 0.3) is 0 Å². The molecule has 0 aliphatic heterocycles. The first-order valence-corrected chi connectivity index (χ1v) is 6.67. The van der Waals surface area contributed by atoms with E-state index in [1.165, 1.54) is 17.8 Å². The SMILES string of the molecule is CSc1cc(C(=O)Nc2nn[nH]n2)c(Cl)cc1Cl. The Morgan fingerprint density at radius 3 is 2.78 bits per heavy atom. The number of aromatic amines is 1. The first kappa shape index (κ1) is 13.1. The molecule has 9 heteroatoms. The Morgan fingerprint density at radius 1 is 1.39 bits per heavy atom. The van der Waals surface area contributed by atoms with Crippen LogP contribution in [0.1, 0.15) is 10.4 Å². The molecule has 1 aromatic carbocycles. The van der Waals surface area contributed by atoms with Gasteiger partial charge in [-0.2, -0.15) is 5.21 Å². The molecule has 0 saturated carbocycles. The Bertz CT molecular complexity index is 575. The second-order valence-corrected chi connectivity index (χ2v) is 4.82. The summed E-state index contributed by atoms with van der Waals surface area (Å²) in [6.07, 6.45) is 1.86. The summed E-state index contributed by atoms with van der Waals surface area (Å²) in [6.45, 7) is 0. The zero-order valence-corrected chi connectivity index (χ0v) is 11.4. The fourth-order valence-corrected chi connectivity index (χ4v) is 2.43. The summed E-state index contributed by atoms with van der Waals surface area (Å²) >= 11 is 13.4. The Balaban J connectivity index is 2.30. The van der Waals surface area contributed by atoms with Gasteiger partial charge in [0.05, 0.1) is 15.6 Å². The molecule has 0 bridgehead atoms. The van der Waals surface area contributed by atoms with Crippen LogP contribution in [0.5, 0.6) is 0 Å². The van der Waals surface area contributed by atoms with Crippen LogP contribution in [0.15, 0.2) is 17.0 Å². The van der Waals surface area contributed by atoms with Crippen LogP contribution in [0.2, 0.25) is 10.0 Å². The van der Waals surface area contributed by atoms with Gasteiger partial charge >= 0.3 is 0 Å². The van der Waals surface area contributed by atoms with Crippen LogP contribution in [0.4, 0.5) is 5.95 Å². The standard InChI is InChI=1S/C9H7Cl2N5OS/c1-18-7-2-4(5(10)3-6(7)11)8(17)12-9-13-15-16-14-9/h2-3H,1H3,(H2,12,13,14,15,16,17). The van der Waals surface area contributed by atoms with Gasteiger partial charge in [-0.1, -0.05) is 28.3 Å². The van der Waals surface area contributed by atoms with Gasteiger partial charge in [0.2, 0.25) is 0 Å². The lowest BCUT2D eigenvalue weighted by Crippen LogP contribution is -2.13. The van der Waals surface area contributed by atoms with Gasteiger partial charge in [-0.15, -0.1) is 16.9 Å². The third-order valence-corrected chi connectivity index (χ3v) is 3.57. The minimum absolute atomic E-state index is 0.0803. The fourth-order valence-electron chi connectivity index (χ4n) is 1.24. The van der Waals surface area contributed by atoms with Gasteiger partial charge in [0.25, 0.3) is 11.9 Å². The Hall–Kier alpha value is -1.31. The number of thioether (sulfide) groups is 1. The molecule has 0 aliphatic carbocycles. The first-order valence-electron chi connectivity index (χ1n) is 4.69. The maximum atomic E-state index is 11.9. The van der Waals surface area contributed by atoms with Crippen molar-refractivity contribution in [2.24, 2.45) is 0 Å². The van der Waals surface area contributed by atoms with E-state index in [1.807, 2.05) is 6.26 Å². The molecule has 0 fully saturated rings. The Labute approximate surface area is 116 Å². The molecule has 1 heterocycles. The summed E-state index contributed by atoms with van der Waals surface area (Å²) in [6, 6.07) is 3.14. The predicted molar refractivity (Wildman–Crippen MR) is 70.4 cm³/mol. The van der Waals surface area contributed by atoms with E-state index in [-0.39, 0.29) is 11.0 Å². The number of hydrogen-bond acceptors (Lipinski definition) is 5. The van der Waals surface area contributed by atoms with E-state index in [1.54, 1.807) is 6.07 Å². The number of amides is 1. The van der Waals surface area contributed by atoms with Crippen molar-refractivity contribution in [1.29, 1.82) is 0 Å². The molecule has 94 valence electrons. The van der Waals surface area contributed by atoms with Crippen molar-refractivity contribution in [3.8, 4) is 0 Å². The summed E-state index contributed by atoms with van der Waals surface area (Å²) in [5, 5.41) is 16.0. The molecule has 18 heavy (non-hydrogen) atoms. The van der Waals surface area contributed by atoms with Gasteiger partial charge in [-0.05, 0) is 23.6 Å². The van der Waals surface area contributed by atoms with Crippen LogP contribution >= 0.6 is 35.0 Å². The van der Waals surface area contributed by atoms with Gasteiger partial charge in [-0.25, -0.2) is 0 Å². The Morgan fingerprint density at radius 2 is 2.17 bits per heavy atom. The number of nitrogens with zero attached hydrogens (tertiary/aromatic N) is 3. The highest BCUT2D eigenvalue weighted by Gasteiger charge is 2.15. The highest BCUT2D eigenvalue weighted by molar-refractivity contribution is 7.98. The molecule has 2 rings (SSSR count). The van der Waals surface area contributed by atoms with Crippen molar-refractivity contribution in [3.05, 3.63) is 27.7 Å². The minimum atomic E-state index is -0.423. The number of hydrogen-bond donors (Lipinski definition) is 2. The normalized spacial score (nSPS) is 10.4. The van der Waals surface area contributed by atoms with E-state index in [2.05, 4.69) is 25.9 Å². The third kappa shape index (κ3) is 2.74. The van der Waals surface area contributed by atoms with Crippen LogP contribution < -0.4 is 5.32 Å². The summed E-state index contributed by atoms with van der Waals surface area (Å²) in [5.74, 6) is -0.343. The number of carbonyl (C=O) groups is 1. The number of halogens is 2. The molecule has 0 saturated heterocycles. The average molecular weight is 304 g/mol. The second-order valence-electron chi connectivity index (χ2n) is 3.16. The molecule has 0 radical (unpaired) electrons. The molecule has 6 nitrogen and oxygen atoms in total. The summed E-state index contributed by atoms with van der Waals surface area (Å²) in [5.41, 5.74) is 0.301. The molecule has 0 spiro atoms. The van der Waals surface area contributed by atoms with E-state index in [9.17, 15) is 4.79 Å².